The maximum absolute atomic E-state index is 12.8. The Kier molecular flexibility index (Phi) is 6.66. The Hall–Kier alpha value is -2.20. The van der Waals surface area contributed by atoms with E-state index in [9.17, 15) is 14.4 Å². The number of nitrogens with zero attached hydrogens (tertiary/aromatic N) is 5. The number of aryl methyl sites for hydroxylation is 1. The molecule has 1 amide bonds. The largest absolute Gasteiger partial charge is 0.372 e. The smallest absolute Gasteiger partial charge is 0.332 e. The van der Waals surface area contributed by atoms with Crippen molar-refractivity contribution in [2.75, 3.05) is 18.8 Å². The molecule has 1 aliphatic heterocycles. The van der Waals surface area contributed by atoms with Crippen LogP contribution in [-0.2, 0) is 30.0 Å². The molecule has 3 heterocycles. The van der Waals surface area contributed by atoms with Gasteiger partial charge in [-0.15, -0.1) is 0 Å². The summed E-state index contributed by atoms with van der Waals surface area (Å²) in [5.74, 6) is 0.991. The van der Waals surface area contributed by atoms with Crippen LogP contribution < -0.4 is 11.2 Å². The summed E-state index contributed by atoms with van der Waals surface area (Å²) in [4.78, 5) is 48.9. The molecule has 10 heteroatoms. The van der Waals surface area contributed by atoms with E-state index < -0.39 is 11.2 Å². The molecule has 0 bridgehead atoms. The zero-order valence-electron chi connectivity index (χ0n) is 18.3. The first-order valence-corrected chi connectivity index (χ1v) is 11.1. The van der Waals surface area contributed by atoms with Gasteiger partial charge in [0.05, 0.1) is 18.0 Å². The molecule has 9 nitrogen and oxygen atoms in total. The highest BCUT2D eigenvalue weighted by atomic mass is 32.2. The summed E-state index contributed by atoms with van der Waals surface area (Å²) >= 11 is 1.22. The number of hydrogen-bond donors (Lipinski definition) is 0. The molecular formula is C20H29N5O4S. The van der Waals surface area contributed by atoms with E-state index in [0.29, 0.717) is 41.9 Å². The second-order valence-corrected chi connectivity index (χ2v) is 9.26. The fourth-order valence-electron chi connectivity index (χ4n) is 3.64. The fraction of sp³-hybridized carbons (Fsp3) is 0.650. The monoisotopic (exact) mass is 435 g/mol. The lowest BCUT2D eigenvalue weighted by molar-refractivity contribution is -0.140. The van der Waals surface area contributed by atoms with Gasteiger partial charge in [0.25, 0.3) is 5.56 Å². The summed E-state index contributed by atoms with van der Waals surface area (Å²) < 4.78 is 8.10. The Labute approximate surface area is 179 Å². The molecule has 2 aromatic heterocycles. The van der Waals surface area contributed by atoms with Gasteiger partial charge < -0.3 is 9.64 Å². The Bertz CT molecular complexity index is 1070. The van der Waals surface area contributed by atoms with Crippen molar-refractivity contribution in [1.82, 2.24) is 24.0 Å². The van der Waals surface area contributed by atoms with Crippen molar-refractivity contribution in [3.8, 4) is 0 Å². The maximum atomic E-state index is 12.8. The third-order valence-corrected chi connectivity index (χ3v) is 5.97. The molecule has 0 aromatic carbocycles. The quantitative estimate of drug-likeness (QED) is 0.509. The highest BCUT2D eigenvalue weighted by Crippen LogP contribution is 2.24. The van der Waals surface area contributed by atoms with E-state index in [-0.39, 0.29) is 29.3 Å². The van der Waals surface area contributed by atoms with Crippen LogP contribution in [0.3, 0.4) is 0 Å². The topological polar surface area (TPSA) is 99.3 Å². The van der Waals surface area contributed by atoms with Gasteiger partial charge in [-0.25, -0.2) is 14.8 Å². The predicted molar refractivity (Wildman–Crippen MR) is 116 cm³/mol. The first-order valence-electron chi connectivity index (χ1n) is 10.1. The van der Waals surface area contributed by atoms with Crippen molar-refractivity contribution in [3.05, 3.63) is 26.7 Å². The summed E-state index contributed by atoms with van der Waals surface area (Å²) in [5.41, 5.74) is -0.588. The van der Waals surface area contributed by atoms with Crippen LogP contribution in [0.4, 0.5) is 0 Å². The SMILES string of the molecule is CC(C)Cc1nc(SCC(=O)N2C[C@@H](C)O[C@H](C)C2)c2c(=O)n(C)c(=O)n(C)c2n1. The minimum Gasteiger partial charge on any atom is -0.372 e. The second-order valence-electron chi connectivity index (χ2n) is 8.29. The van der Waals surface area contributed by atoms with Gasteiger partial charge in [-0.05, 0) is 19.8 Å². The van der Waals surface area contributed by atoms with E-state index in [2.05, 4.69) is 9.97 Å². The molecule has 164 valence electrons. The van der Waals surface area contributed by atoms with Crippen LogP contribution in [0.25, 0.3) is 11.0 Å². The van der Waals surface area contributed by atoms with E-state index >= 15 is 0 Å². The number of thioether (sulfide) groups is 1. The van der Waals surface area contributed by atoms with Crippen LogP contribution in [0.1, 0.15) is 33.5 Å². The highest BCUT2D eigenvalue weighted by molar-refractivity contribution is 8.00. The van der Waals surface area contributed by atoms with Crippen molar-refractivity contribution in [3.63, 3.8) is 0 Å². The lowest BCUT2D eigenvalue weighted by Gasteiger charge is -2.35. The zero-order chi connectivity index (χ0) is 22.2. The number of carbonyl (C=O) groups is 1. The van der Waals surface area contributed by atoms with Gasteiger partial charge in [-0.1, -0.05) is 25.6 Å². The molecule has 0 aliphatic carbocycles. The van der Waals surface area contributed by atoms with E-state index in [4.69, 9.17) is 4.74 Å². The number of morpholine rings is 1. The molecule has 3 rings (SSSR count). The van der Waals surface area contributed by atoms with Gasteiger partial charge in [0, 0.05) is 33.6 Å². The third-order valence-electron chi connectivity index (χ3n) is 5.01. The van der Waals surface area contributed by atoms with Gasteiger partial charge in [0.2, 0.25) is 5.91 Å². The minimum absolute atomic E-state index is 0.0120. The molecule has 0 saturated carbocycles. The van der Waals surface area contributed by atoms with E-state index in [1.54, 1.807) is 11.9 Å². The van der Waals surface area contributed by atoms with Crippen LogP contribution in [0.15, 0.2) is 14.6 Å². The van der Waals surface area contributed by atoms with Crippen LogP contribution in [0.2, 0.25) is 0 Å². The standard InChI is InChI=1S/C20H29N5O4S/c1-11(2)7-14-21-17-16(19(27)24(6)20(28)23(17)5)18(22-14)30-10-15(26)25-8-12(3)29-13(4)9-25/h11-13H,7-10H2,1-6H3/t12-,13-/m1/s1. The molecular weight excluding hydrogens is 406 g/mol. The van der Waals surface area contributed by atoms with Gasteiger partial charge in [0.1, 0.15) is 16.2 Å². The molecule has 0 N–H and O–H groups in total. The molecule has 0 radical (unpaired) electrons. The summed E-state index contributed by atoms with van der Waals surface area (Å²) in [6.07, 6.45) is 0.586. The van der Waals surface area contributed by atoms with Crippen LogP contribution in [-0.4, -0.2) is 61.0 Å². The number of fused-ring (bicyclic) bond motifs is 1. The minimum atomic E-state index is -0.451. The molecule has 1 aliphatic rings. The summed E-state index contributed by atoms with van der Waals surface area (Å²) in [7, 11) is 3.02. The Morgan fingerprint density at radius 1 is 1.13 bits per heavy atom. The van der Waals surface area contributed by atoms with E-state index in [1.807, 2.05) is 27.7 Å². The van der Waals surface area contributed by atoms with Gasteiger partial charge in [-0.2, -0.15) is 0 Å². The molecule has 2 atom stereocenters. The summed E-state index contributed by atoms with van der Waals surface area (Å²) in [5, 5.41) is 0.711. The summed E-state index contributed by atoms with van der Waals surface area (Å²) in [6.45, 7) is 9.08. The normalized spacial score (nSPS) is 19.6. The fourth-order valence-corrected chi connectivity index (χ4v) is 4.57. The van der Waals surface area contributed by atoms with Crippen molar-refractivity contribution in [2.24, 2.45) is 20.0 Å². The number of amides is 1. The first-order chi connectivity index (χ1) is 14.1. The molecule has 2 aromatic rings. The molecule has 0 spiro atoms. The Morgan fingerprint density at radius 2 is 1.77 bits per heavy atom. The van der Waals surface area contributed by atoms with Gasteiger partial charge in [0.15, 0.2) is 5.65 Å². The summed E-state index contributed by atoms with van der Waals surface area (Å²) in [6, 6.07) is 0. The van der Waals surface area contributed by atoms with Crippen molar-refractivity contribution in [2.45, 2.75) is 51.3 Å². The van der Waals surface area contributed by atoms with Crippen molar-refractivity contribution in [1.29, 1.82) is 0 Å². The van der Waals surface area contributed by atoms with Crippen molar-refractivity contribution >= 4 is 28.7 Å². The highest BCUT2D eigenvalue weighted by Gasteiger charge is 2.26. The predicted octanol–water partition coefficient (Wildman–Crippen LogP) is 0.954. The molecule has 1 saturated heterocycles. The number of ether oxygens (including phenoxy) is 1. The Balaban J connectivity index is 1.98. The molecule has 30 heavy (non-hydrogen) atoms. The van der Waals surface area contributed by atoms with Crippen LogP contribution in [0, 0.1) is 5.92 Å². The Morgan fingerprint density at radius 3 is 2.37 bits per heavy atom. The lowest BCUT2D eigenvalue weighted by atomic mass is 10.1. The zero-order valence-corrected chi connectivity index (χ0v) is 19.2. The number of aromatic nitrogens is 4. The van der Waals surface area contributed by atoms with Crippen LogP contribution in [0.5, 0.6) is 0 Å². The first kappa shape index (κ1) is 22.5. The van der Waals surface area contributed by atoms with E-state index in [1.165, 1.54) is 23.4 Å². The van der Waals surface area contributed by atoms with Crippen LogP contribution >= 0.6 is 11.8 Å². The molecule has 1 fully saturated rings. The maximum Gasteiger partial charge on any atom is 0.332 e. The van der Waals surface area contributed by atoms with Gasteiger partial charge in [-0.3, -0.25) is 18.7 Å². The van der Waals surface area contributed by atoms with E-state index in [0.717, 1.165) is 4.57 Å². The number of carbonyl (C=O) groups excluding carboxylic acids is 1. The second kappa shape index (κ2) is 8.89. The number of hydrogen-bond acceptors (Lipinski definition) is 7. The third kappa shape index (κ3) is 4.59. The van der Waals surface area contributed by atoms with Crippen molar-refractivity contribution < 1.29 is 9.53 Å². The average molecular weight is 436 g/mol. The molecule has 0 unspecified atom stereocenters. The van der Waals surface area contributed by atoms with Gasteiger partial charge >= 0.3 is 5.69 Å². The number of rotatable bonds is 5. The lowest BCUT2D eigenvalue weighted by Crippen LogP contribution is -2.48. The average Bonchev–Trinajstić information content (AvgIpc) is 2.67.